The van der Waals surface area contributed by atoms with Crippen molar-refractivity contribution in [3.8, 4) is 0 Å². The first-order valence-electron chi connectivity index (χ1n) is 5.92. The maximum Gasteiger partial charge on any atom is 0.261 e. The molecule has 0 heterocycles. The van der Waals surface area contributed by atoms with Gasteiger partial charge in [0.05, 0.1) is 17.2 Å². The van der Waals surface area contributed by atoms with Crippen LogP contribution in [0.4, 0.5) is 5.69 Å². The number of halogens is 1. The van der Waals surface area contributed by atoms with Crippen molar-refractivity contribution in [3.63, 3.8) is 0 Å². The third kappa shape index (κ3) is 3.12. The second-order valence-corrected chi connectivity index (χ2v) is 6.45. The van der Waals surface area contributed by atoms with Crippen molar-refractivity contribution in [1.82, 2.24) is 0 Å². The number of hydrogen-bond donors (Lipinski definition) is 2. The molecule has 0 unspecified atom stereocenters. The summed E-state index contributed by atoms with van der Waals surface area (Å²) in [5.74, 6) is 0. The van der Waals surface area contributed by atoms with Gasteiger partial charge in [-0.15, -0.1) is 0 Å². The summed E-state index contributed by atoms with van der Waals surface area (Å²) in [6.07, 6.45) is 0. The minimum absolute atomic E-state index is 0.0807. The Morgan fingerprint density at radius 1 is 1.20 bits per heavy atom. The highest BCUT2D eigenvalue weighted by Gasteiger charge is 2.17. The fraction of sp³-hybridized carbons (Fsp3) is 0.143. The van der Waals surface area contributed by atoms with Crippen LogP contribution in [0.15, 0.2) is 47.4 Å². The predicted octanol–water partition coefficient (Wildman–Crippen LogP) is 2.94. The lowest BCUT2D eigenvalue weighted by Crippen LogP contribution is -2.15. The van der Waals surface area contributed by atoms with Gasteiger partial charge in [0.25, 0.3) is 10.0 Å². The van der Waals surface area contributed by atoms with E-state index in [9.17, 15) is 13.5 Å². The van der Waals surface area contributed by atoms with Gasteiger partial charge in [0, 0.05) is 10.6 Å². The van der Waals surface area contributed by atoms with Crippen molar-refractivity contribution in [2.75, 3.05) is 4.72 Å². The number of anilines is 1. The number of aliphatic hydroxyl groups excluding tert-OH is 1. The van der Waals surface area contributed by atoms with Crippen LogP contribution in [-0.4, -0.2) is 13.5 Å². The Morgan fingerprint density at radius 2 is 1.90 bits per heavy atom. The number of rotatable bonds is 4. The fourth-order valence-electron chi connectivity index (χ4n) is 1.83. The highest BCUT2D eigenvalue weighted by atomic mass is 35.5. The van der Waals surface area contributed by atoms with Crippen LogP contribution >= 0.6 is 11.6 Å². The van der Waals surface area contributed by atoms with Gasteiger partial charge in [0.1, 0.15) is 0 Å². The molecule has 0 amide bonds. The fourth-order valence-corrected chi connectivity index (χ4v) is 3.31. The lowest BCUT2D eigenvalue weighted by Gasteiger charge is -2.14. The van der Waals surface area contributed by atoms with Gasteiger partial charge in [0.15, 0.2) is 0 Å². The zero-order chi connectivity index (χ0) is 14.8. The van der Waals surface area contributed by atoms with E-state index in [0.717, 1.165) is 5.56 Å². The van der Waals surface area contributed by atoms with E-state index in [2.05, 4.69) is 4.72 Å². The Balaban J connectivity index is 2.44. The molecule has 2 N–H and O–H groups in total. The van der Waals surface area contributed by atoms with Crippen molar-refractivity contribution in [2.24, 2.45) is 0 Å². The molecule has 0 saturated carbocycles. The van der Waals surface area contributed by atoms with E-state index in [1.807, 2.05) is 0 Å². The van der Waals surface area contributed by atoms with E-state index in [1.165, 1.54) is 12.1 Å². The van der Waals surface area contributed by atoms with Crippen molar-refractivity contribution in [3.05, 3.63) is 58.6 Å². The lowest BCUT2D eigenvalue weighted by atomic mass is 10.1. The molecule has 4 nitrogen and oxygen atoms in total. The first kappa shape index (κ1) is 14.8. The Hall–Kier alpha value is -1.56. The number of aliphatic hydroxyl groups is 1. The molecule has 0 spiro atoms. The molecule has 2 aromatic rings. The summed E-state index contributed by atoms with van der Waals surface area (Å²) in [7, 11) is -3.74. The third-order valence-electron chi connectivity index (χ3n) is 2.87. The smallest absolute Gasteiger partial charge is 0.261 e. The average molecular weight is 312 g/mol. The van der Waals surface area contributed by atoms with Crippen molar-refractivity contribution in [2.45, 2.75) is 18.4 Å². The third-order valence-corrected chi connectivity index (χ3v) is 4.45. The topological polar surface area (TPSA) is 66.4 Å². The second-order valence-electron chi connectivity index (χ2n) is 4.33. The zero-order valence-electron chi connectivity index (χ0n) is 10.8. The van der Waals surface area contributed by atoms with Gasteiger partial charge in [-0.05, 0) is 30.7 Å². The van der Waals surface area contributed by atoms with Crippen LogP contribution in [0.5, 0.6) is 0 Å². The predicted molar refractivity (Wildman–Crippen MR) is 79.4 cm³/mol. The summed E-state index contributed by atoms with van der Waals surface area (Å²) in [6, 6.07) is 11.2. The van der Waals surface area contributed by atoms with E-state index in [0.29, 0.717) is 16.3 Å². The van der Waals surface area contributed by atoms with Crippen LogP contribution in [-0.2, 0) is 16.6 Å². The Morgan fingerprint density at radius 3 is 2.55 bits per heavy atom. The number of aryl methyl sites for hydroxylation is 1. The summed E-state index contributed by atoms with van der Waals surface area (Å²) in [6.45, 7) is 1.53. The summed E-state index contributed by atoms with van der Waals surface area (Å²) < 4.78 is 27.1. The van der Waals surface area contributed by atoms with E-state index in [1.54, 1.807) is 37.3 Å². The first-order chi connectivity index (χ1) is 9.44. The molecule has 0 aliphatic carbocycles. The van der Waals surface area contributed by atoms with E-state index in [4.69, 9.17) is 11.6 Å². The highest BCUT2D eigenvalue weighted by Crippen LogP contribution is 2.25. The zero-order valence-corrected chi connectivity index (χ0v) is 12.4. The van der Waals surface area contributed by atoms with Crippen molar-refractivity contribution >= 4 is 27.3 Å². The largest absolute Gasteiger partial charge is 0.392 e. The molecule has 2 rings (SSSR count). The molecule has 0 bridgehead atoms. The molecular weight excluding hydrogens is 298 g/mol. The van der Waals surface area contributed by atoms with Crippen molar-refractivity contribution < 1.29 is 13.5 Å². The molecule has 0 aliphatic heterocycles. The summed E-state index contributed by atoms with van der Waals surface area (Å²) in [4.78, 5) is 0.0807. The molecule has 6 heteroatoms. The molecule has 0 atom stereocenters. The Bertz CT molecular complexity index is 729. The molecule has 0 aromatic heterocycles. The van der Waals surface area contributed by atoms with Gasteiger partial charge < -0.3 is 5.11 Å². The van der Waals surface area contributed by atoms with Crippen LogP contribution < -0.4 is 4.72 Å². The van der Waals surface area contributed by atoms with Gasteiger partial charge in [-0.1, -0.05) is 35.9 Å². The molecule has 2 aromatic carbocycles. The monoisotopic (exact) mass is 311 g/mol. The molecule has 0 saturated heterocycles. The Kier molecular flexibility index (Phi) is 4.32. The standard InChI is InChI=1S/C14H14ClNO3S/c1-10-4-2-5-11(9-17)14(10)16-20(18,19)13-7-3-6-12(15)8-13/h2-8,16-17H,9H2,1H3. The van der Waals surface area contributed by atoms with Gasteiger partial charge in [0.2, 0.25) is 0 Å². The normalized spacial score (nSPS) is 11.3. The van der Waals surface area contributed by atoms with Gasteiger partial charge in [-0.25, -0.2) is 8.42 Å². The SMILES string of the molecule is Cc1cccc(CO)c1NS(=O)(=O)c1cccc(Cl)c1. The molecule has 106 valence electrons. The number of para-hydroxylation sites is 1. The van der Waals surface area contributed by atoms with Crippen LogP contribution in [0.3, 0.4) is 0 Å². The van der Waals surface area contributed by atoms with E-state index >= 15 is 0 Å². The quantitative estimate of drug-likeness (QED) is 0.912. The summed E-state index contributed by atoms with van der Waals surface area (Å²) in [5, 5.41) is 9.65. The highest BCUT2D eigenvalue weighted by molar-refractivity contribution is 7.92. The van der Waals surface area contributed by atoms with Crippen LogP contribution in [0.1, 0.15) is 11.1 Å². The molecule has 20 heavy (non-hydrogen) atoms. The van der Waals surface area contributed by atoms with Gasteiger partial charge in [-0.3, -0.25) is 4.72 Å². The molecule has 0 radical (unpaired) electrons. The minimum atomic E-state index is -3.74. The van der Waals surface area contributed by atoms with E-state index < -0.39 is 10.0 Å². The van der Waals surface area contributed by atoms with Gasteiger partial charge in [-0.2, -0.15) is 0 Å². The van der Waals surface area contributed by atoms with Crippen LogP contribution in [0.25, 0.3) is 0 Å². The second kappa shape index (κ2) is 5.83. The maximum atomic E-state index is 12.3. The Labute approximate surface area is 123 Å². The summed E-state index contributed by atoms with van der Waals surface area (Å²) in [5.41, 5.74) is 1.66. The minimum Gasteiger partial charge on any atom is -0.392 e. The number of sulfonamides is 1. The average Bonchev–Trinajstić information content (AvgIpc) is 2.41. The molecule has 0 fully saturated rings. The first-order valence-corrected chi connectivity index (χ1v) is 7.78. The van der Waals surface area contributed by atoms with Crippen LogP contribution in [0, 0.1) is 6.92 Å². The lowest BCUT2D eigenvalue weighted by molar-refractivity contribution is 0.282. The number of hydrogen-bond acceptors (Lipinski definition) is 3. The molecule has 0 aliphatic rings. The van der Waals surface area contributed by atoms with Crippen LogP contribution in [0.2, 0.25) is 5.02 Å². The van der Waals surface area contributed by atoms with Gasteiger partial charge >= 0.3 is 0 Å². The summed E-state index contributed by atoms with van der Waals surface area (Å²) >= 11 is 5.81. The maximum absolute atomic E-state index is 12.3. The number of benzene rings is 2. The molecular formula is C14H14ClNO3S. The van der Waals surface area contributed by atoms with Crippen molar-refractivity contribution in [1.29, 1.82) is 0 Å². The van der Waals surface area contributed by atoms with E-state index in [-0.39, 0.29) is 11.5 Å². The number of nitrogens with one attached hydrogen (secondary N) is 1.